The highest BCUT2D eigenvalue weighted by Crippen LogP contribution is 2.24. The summed E-state index contributed by atoms with van der Waals surface area (Å²) in [6, 6.07) is 9.19. The molecule has 1 N–H and O–H groups in total. The van der Waals surface area contributed by atoms with Crippen LogP contribution in [0.5, 0.6) is 0 Å². The van der Waals surface area contributed by atoms with Crippen LogP contribution < -0.4 is 5.32 Å². The third kappa shape index (κ3) is 3.68. The number of amides is 1. The Hall–Kier alpha value is -2.27. The van der Waals surface area contributed by atoms with Gasteiger partial charge in [0.15, 0.2) is 0 Å². The van der Waals surface area contributed by atoms with Crippen LogP contribution in [0.15, 0.2) is 36.5 Å². The number of aromatic nitrogens is 1. The molecule has 1 heterocycles. The van der Waals surface area contributed by atoms with Crippen molar-refractivity contribution in [2.75, 3.05) is 13.7 Å². The van der Waals surface area contributed by atoms with Crippen LogP contribution in [0.2, 0.25) is 5.02 Å². The first-order chi connectivity index (χ1) is 10.5. The van der Waals surface area contributed by atoms with Crippen molar-refractivity contribution in [3.05, 3.63) is 47.2 Å². The summed E-state index contributed by atoms with van der Waals surface area (Å²) in [6.45, 7) is 2.44. The predicted molar refractivity (Wildman–Crippen MR) is 84.9 cm³/mol. The minimum Gasteiger partial charge on any atom is -0.468 e. The van der Waals surface area contributed by atoms with Gasteiger partial charge in [-0.15, -0.1) is 0 Å². The molecule has 2 aromatic rings. The molecular weight excluding hydrogens is 304 g/mol. The Morgan fingerprint density at radius 1 is 1.23 bits per heavy atom. The van der Waals surface area contributed by atoms with E-state index in [2.05, 4.69) is 10.1 Å². The highest BCUT2D eigenvalue weighted by molar-refractivity contribution is 6.30. The molecule has 1 amide bonds. The van der Waals surface area contributed by atoms with Gasteiger partial charge >= 0.3 is 5.97 Å². The SMILES string of the molecule is CCn1cc(-c2ccc(Cl)cc2)cc1C(=O)NCC(=O)OC. The van der Waals surface area contributed by atoms with E-state index >= 15 is 0 Å². The maximum Gasteiger partial charge on any atom is 0.325 e. The standard InChI is InChI=1S/C16H17ClN2O3/c1-3-19-10-12(11-4-6-13(17)7-5-11)8-14(19)16(21)18-9-15(20)22-2/h4-8,10H,3,9H2,1-2H3,(H,18,21). The molecule has 0 aliphatic heterocycles. The highest BCUT2D eigenvalue weighted by atomic mass is 35.5. The lowest BCUT2D eigenvalue weighted by Gasteiger charge is -2.06. The largest absolute Gasteiger partial charge is 0.468 e. The third-order valence-corrected chi connectivity index (χ3v) is 3.52. The first-order valence-electron chi connectivity index (χ1n) is 6.86. The molecule has 0 radical (unpaired) electrons. The van der Waals surface area contributed by atoms with E-state index in [-0.39, 0.29) is 12.5 Å². The predicted octanol–water partition coefficient (Wildman–Crippen LogP) is 2.73. The fourth-order valence-electron chi connectivity index (χ4n) is 2.08. The lowest BCUT2D eigenvalue weighted by molar-refractivity contribution is -0.139. The van der Waals surface area contributed by atoms with Gasteiger partial charge in [0.05, 0.1) is 7.11 Å². The van der Waals surface area contributed by atoms with Crippen molar-refractivity contribution in [3.8, 4) is 11.1 Å². The van der Waals surface area contributed by atoms with Crippen molar-refractivity contribution < 1.29 is 14.3 Å². The lowest BCUT2D eigenvalue weighted by atomic mass is 10.1. The average molecular weight is 321 g/mol. The number of halogens is 1. The van der Waals surface area contributed by atoms with E-state index in [1.54, 1.807) is 18.2 Å². The molecule has 0 fully saturated rings. The normalized spacial score (nSPS) is 10.3. The second kappa shape index (κ2) is 7.13. The minimum atomic E-state index is -0.485. The third-order valence-electron chi connectivity index (χ3n) is 3.27. The van der Waals surface area contributed by atoms with E-state index in [0.717, 1.165) is 11.1 Å². The van der Waals surface area contributed by atoms with Crippen molar-refractivity contribution in [2.45, 2.75) is 13.5 Å². The van der Waals surface area contributed by atoms with Crippen LogP contribution in [0.1, 0.15) is 17.4 Å². The van der Waals surface area contributed by atoms with E-state index in [9.17, 15) is 9.59 Å². The lowest BCUT2D eigenvalue weighted by Crippen LogP contribution is -2.31. The van der Waals surface area contributed by atoms with Gasteiger partial charge in [0.25, 0.3) is 5.91 Å². The molecule has 0 aliphatic carbocycles. The molecular formula is C16H17ClN2O3. The van der Waals surface area contributed by atoms with Gasteiger partial charge in [-0.1, -0.05) is 23.7 Å². The van der Waals surface area contributed by atoms with Crippen LogP contribution in [0, 0.1) is 0 Å². The summed E-state index contributed by atoms with van der Waals surface area (Å²) in [7, 11) is 1.28. The van der Waals surface area contributed by atoms with Crippen LogP contribution >= 0.6 is 11.6 Å². The number of carbonyl (C=O) groups is 2. The first kappa shape index (κ1) is 16.1. The van der Waals surface area contributed by atoms with Crippen molar-refractivity contribution in [2.24, 2.45) is 0 Å². The number of methoxy groups -OCH3 is 1. The molecule has 0 spiro atoms. The number of ether oxygens (including phenoxy) is 1. The molecule has 0 saturated heterocycles. The van der Waals surface area contributed by atoms with Gasteiger partial charge in [-0.2, -0.15) is 0 Å². The maximum absolute atomic E-state index is 12.2. The van der Waals surface area contributed by atoms with Crippen LogP contribution in [0.3, 0.4) is 0 Å². The number of nitrogens with one attached hydrogen (secondary N) is 1. The van der Waals surface area contributed by atoms with Gasteiger partial charge in [-0.3, -0.25) is 9.59 Å². The number of esters is 1. The summed E-state index contributed by atoms with van der Waals surface area (Å²) in [5.41, 5.74) is 2.39. The summed E-state index contributed by atoms with van der Waals surface area (Å²) in [5.74, 6) is -0.798. The molecule has 0 saturated carbocycles. The van der Waals surface area contributed by atoms with Gasteiger partial charge in [0.1, 0.15) is 12.2 Å². The molecule has 0 aliphatic rings. The Kier molecular flexibility index (Phi) is 5.22. The Morgan fingerprint density at radius 3 is 2.50 bits per heavy atom. The van der Waals surface area contributed by atoms with E-state index in [4.69, 9.17) is 11.6 Å². The molecule has 1 aromatic carbocycles. The van der Waals surface area contributed by atoms with E-state index in [1.165, 1.54) is 7.11 Å². The van der Waals surface area contributed by atoms with Gasteiger partial charge in [0, 0.05) is 23.3 Å². The van der Waals surface area contributed by atoms with Gasteiger partial charge in [-0.05, 0) is 30.7 Å². The van der Waals surface area contributed by atoms with Crippen LogP contribution in [0.25, 0.3) is 11.1 Å². The summed E-state index contributed by atoms with van der Waals surface area (Å²) in [5, 5.41) is 3.20. The maximum atomic E-state index is 12.2. The fraction of sp³-hybridized carbons (Fsp3) is 0.250. The molecule has 1 aromatic heterocycles. The highest BCUT2D eigenvalue weighted by Gasteiger charge is 2.15. The van der Waals surface area contributed by atoms with Crippen LogP contribution in [0.4, 0.5) is 0 Å². The molecule has 0 bridgehead atoms. The molecule has 116 valence electrons. The molecule has 6 heteroatoms. The van der Waals surface area contributed by atoms with Crippen LogP contribution in [-0.2, 0) is 16.1 Å². The Morgan fingerprint density at radius 2 is 1.91 bits per heavy atom. The Labute approximate surface area is 133 Å². The zero-order chi connectivity index (χ0) is 16.1. The number of hydrogen-bond acceptors (Lipinski definition) is 3. The number of rotatable bonds is 5. The first-order valence-corrected chi connectivity index (χ1v) is 7.24. The fourth-order valence-corrected chi connectivity index (χ4v) is 2.20. The van der Waals surface area contributed by atoms with Crippen LogP contribution in [-0.4, -0.2) is 30.1 Å². The number of aryl methyl sites for hydroxylation is 1. The van der Waals surface area contributed by atoms with Gasteiger partial charge < -0.3 is 14.6 Å². The van der Waals surface area contributed by atoms with E-state index in [1.807, 2.05) is 29.8 Å². The number of carbonyl (C=O) groups excluding carboxylic acids is 2. The second-order valence-corrected chi connectivity index (χ2v) is 5.10. The molecule has 0 atom stereocenters. The van der Waals surface area contributed by atoms with Crippen molar-refractivity contribution in [1.82, 2.24) is 9.88 Å². The Bertz CT molecular complexity index is 677. The summed E-state index contributed by atoms with van der Waals surface area (Å²) < 4.78 is 6.34. The average Bonchev–Trinajstić information content (AvgIpc) is 2.97. The van der Waals surface area contributed by atoms with E-state index < -0.39 is 5.97 Å². The zero-order valence-corrected chi connectivity index (χ0v) is 13.2. The van der Waals surface area contributed by atoms with Crippen molar-refractivity contribution in [3.63, 3.8) is 0 Å². The molecule has 22 heavy (non-hydrogen) atoms. The number of hydrogen-bond donors (Lipinski definition) is 1. The number of benzene rings is 1. The zero-order valence-electron chi connectivity index (χ0n) is 12.4. The number of nitrogens with zero attached hydrogens (tertiary/aromatic N) is 1. The van der Waals surface area contributed by atoms with Crippen molar-refractivity contribution in [1.29, 1.82) is 0 Å². The van der Waals surface area contributed by atoms with Gasteiger partial charge in [0.2, 0.25) is 0 Å². The molecule has 2 rings (SSSR count). The topological polar surface area (TPSA) is 60.3 Å². The minimum absolute atomic E-state index is 0.152. The van der Waals surface area contributed by atoms with E-state index in [0.29, 0.717) is 17.3 Å². The Balaban J connectivity index is 2.23. The molecule has 5 nitrogen and oxygen atoms in total. The van der Waals surface area contributed by atoms with Crippen molar-refractivity contribution >= 4 is 23.5 Å². The quantitative estimate of drug-likeness (QED) is 0.862. The molecule has 0 unspecified atom stereocenters. The smallest absolute Gasteiger partial charge is 0.325 e. The summed E-state index contributed by atoms with van der Waals surface area (Å²) in [4.78, 5) is 23.3. The monoisotopic (exact) mass is 320 g/mol. The second-order valence-electron chi connectivity index (χ2n) is 4.67. The summed E-state index contributed by atoms with van der Waals surface area (Å²) in [6.07, 6.45) is 1.90. The summed E-state index contributed by atoms with van der Waals surface area (Å²) >= 11 is 5.88. The van der Waals surface area contributed by atoms with Gasteiger partial charge in [-0.25, -0.2) is 0 Å².